The maximum atomic E-state index is 15.2. The summed E-state index contributed by atoms with van der Waals surface area (Å²) in [6.07, 6.45) is 1.12. The minimum atomic E-state index is -4.85. The number of nitrogens with zero attached hydrogens (tertiary/aromatic N) is 3. The first-order valence-corrected chi connectivity index (χ1v) is 17.2. The average molecular weight is 698 g/mol. The lowest BCUT2D eigenvalue weighted by Gasteiger charge is -2.41. The van der Waals surface area contributed by atoms with Crippen LogP contribution in [0.25, 0.3) is 11.1 Å². The van der Waals surface area contributed by atoms with Crippen molar-refractivity contribution in [3.8, 4) is 16.9 Å². The van der Waals surface area contributed by atoms with E-state index in [1.165, 1.54) is 16.7 Å². The van der Waals surface area contributed by atoms with Crippen molar-refractivity contribution in [3.63, 3.8) is 0 Å². The molecule has 3 aliphatic rings. The summed E-state index contributed by atoms with van der Waals surface area (Å²) < 4.78 is 61.7. The molecular formula is C37H43F4N5O4. The second-order valence-electron chi connectivity index (χ2n) is 13.8. The molecule has 1 aromatic heterocycles. The van der Waals surface area contributed by atoms with Crippen LogP contribution in [0.5, 0.6) is 5.75 Å². The number of ether oxygens (including phenoxy) is 1. The van der Waals surface area contributed by atoms with E-state index < -0.39 is 18.3 Å². The van der Waals surface area contributed by atoms with Crippen molar-refractivity contribution < 1.29 is 31.9 Å². The highest BCUT2D eigenvalue weighted by Gasteiger charge is 2.34. The van der Waals surface area contributed by atoms with E-state index in [0.717, 1.165) is 51.9 Å². The van der Waals surface area contributed by atoms with Crippen LogP contribution >= 0.6 is 0 Å². The number of aryl methyl sites for hydroxylation is 1. The number of hydrogen-bond acceptors (Lipinski definition) is 7. The second kappa shape index (κ2) is 14.5. The molecule has 3 aromatic rings. The minimum absolute atomic E-state index is 0.148. The van der Waals surface area contributed by atoms with Crippen LogP contribution in [0.2, 0.25) is 0 Å². The van der Waals surface area contributed by atoms with Gasteiger partial charge in [0.1, 0.15) is 17.6 Å². The van der Waals surface area contributed by atoms with Gasteiger partial charge in [0.25, 0.3) is 5.56 Å². The van der Waals surface area contributed by atoms with Crippen molar-refractivity contribution in [1.82, 2.24) is 14.8 Å². The fraction of sp³-hybridized carbons (Fsp3) is 0.486. The number of carbonyl (C=O) groups excluding carboxylic acids is 2. The van der Waals surface area contributed by atoms with Crippen LogP contribution in [0.1, 0.15) is 55.2 Å². The van der Waals surface area contributed by atoms with Crippen LogP contribution in [-0.4, -0.2) is 59.9 Å². The van der Waals surface area contributed by atoms with Crippen molar-refractivity contribution in [2.24, 2.45) is 18.9 Å². The third-order valence-corrected chi connectivity index (χ3v) is 10.6. The molecule has 0 aliphatic carbocycles. The number of anilines is 2. The normalized spacial score (nSPS) is 19.8. The summed E-state index contributed by atoms with van der Waals surface area (Å²) in [6.45, 7) is 6.79. The summed E-state index contributed by atoms with van der Waals surface area (Å²) in [5.41, 5.74) is 3.81. The smallest absolute Gasteiger partial charge is 0.405 e. The molecule has 2 aromatic carbocycles. The Bertz CT molecular complexity index is 1810. The highest BCUT2D eigenvalue weighted by molar-refractivity contribution is 6.01. The predicted molar refractivity (Wildman–Crippen MR) is 182 cm³/mol. The SMILES string of the molecule is Cc1c(-c2ccc(CN3CCC(C4CCN(c5ccc(NC6CCC(=O)NC6=O)cc5F)CC4)CC3)c(OC(F)(F)F)c2)cn(C)c(=O)c1C. The van der Waals surface area contributed by atoms with Crippen LogP contribution in [0.4, 0.5) is 28.9 Å². The summed E-state index contributed by atoms with van der Waals surface area (Å²) in [5.74, 6) is -0.330. The lowest BCUT2D eigenvalue weighted by Crippen LogP contribution is -2.47. The van der Waals surface area contributed by atoms with Crippen LogP contribution < -0.4 is 25.8 Å². The largest absolute Gasteiger partial charge is 0.573 e. The topological polar surface area (TPSA) is 95.9 Å². The molecule has 1 unspecified atom stereocenters. The van der Waals surface area contributed by atoms with E-state index in [1.807, 2.05) is 0 Å². The lowest BCUT2D eigenvalue weighted by molar-refractivity contribution is -0.275. The number of hydrogen-bond donors (Lipinski definition) is 2. The molecule has 9 nitrogen and oxygen atoms in total. The molecule has 6 rings (SSSR count). The fourth-order valence-electron chi connectivity index (χ4n) is 7.66. The van der Waals surface area contributed by atoms with E-state index in [1.54, 1.807) is 51.4 Å². The van der Waals surface area contributed by atoms with E-state index in [4.69, 9.17) is 0 Å². The zero-order valence-electron chi connectivity index (χ0n) is 28.5. The standard InChI is InChI=1S/C37H43F4N5O4/c1-22-23(2)36(49)44(3)21-29(22)26-4-5-27(33(18-26)50-37(39,40)41)20-45-14-10-24(11-15-45)25-12-16-46(17-13-25)32-8-6-28(19-30(32)38)42-31-7-9-34(47)43-35(31)48/h4-6,8,18-19,21,24-25,31,42H,7,9-17,20H2,1-3H3,(H,43,47,48). The molecule has 13 heteroatoms. The number of likely N-dealkylation sites (tertiary alicyclic amines) is 1. The van der Waals surface area contributed by atoms with E-state index >= 15 is 4.39 Å². The van der Waals surface area contributed by atoms with Gasteiger partial charge in [-0.3, -0.25) is 24.6 Å². The summed E-state index contributed by atoms with van der Waals surface area (Å²) in [4.78, 5) is 40.0. The highest BCUT2D eigenvalue weighted by Crippen LogP contribution is 2.37. The number of imide groups is 1. The highest BCUT2D eigenvalue weighted by atomic mass is 19.4. The Kier molecular flexibility index (Phi) is 10.2. The molecule has 3 aliphatic heterocycles. The molecule has 0 saturated carbocycles. The Balaban J connectivity index is 1.04. The molecule has 2 N–H and O–H groups in total. The third kappa shape index (κ3) is 7.98. The van der Waals surface area contributed by atoms with Crippen molar-refractivity contribution >= 4 is 23.2 Å². The van der Waals surface area contributed by atoms with E-state index in [9.17, 15) is 27.6 Å². The third-order valence-electron chi connectivity index (χ3n) is 10.6. The van der Waals surface area contributed by atoms with E-state index in [-0.39, 0.29) is 29.5 Å². The summed E-state index contributed by atoms with van der Waals surface area (Å²) in [7, 11) is 1.62. The number of piperidine rings is 3. The Hall–Kier alpha value is -4.39. The molecule has 268 valence electrons. The Morgan fingerprint density at radius 3 is 2.22 bits per heavy atom. The molecule has 0 bridgehead atoms. The number of amides is 2. The van der Waals surface area contributed by atoms with Gasteiger partial charge in [-0.15, -0.1) is 13.2 Å². The second-order valence-corrected chi connectivity index (χ2v) is 13.8. The number of benzene rings is 2. The van der Waals surface area contributed by atoms with Gasteiger partial charge in [-0.25, -0.2) is 4.39 Å². The summed E-state index contributed by atoms with van der Waals surface area (Å²) in [5, 5.41) is 5.32. The Labute approximate surface area is 288 Å². The van der Waals surface area contributed by atoms with Crippen LogP contribution in [-0.2, 0) is 23.2 Å². The molecule has 1 atom stereocenters. The number of nitrogens with one attached hydrogen (secondary N) is 2. The molecule has 50 heavy (non-hydrogen) atoms. The number of rotatable bonds is 8. The van der Waals surface area contributed by atoms with E-state index in [0.29, 0.717) is 64.0 Å². The first-order chi connectivity index (χ1) is 23.8. The van der Waals surface area contributed by atoms with Crippen molar-refractivity contribution in [3.05, 3.63) is 75.5 Å². The van der Waals surface area contributed by atoms with Gasteiger partial charge in [0.15, 0.2) is 0 Å². The number of aromatic nitrogens is 1. The monoisotopic (exact) mass is 697 g/mol. The van der Waals surface area contributed by atoms with Gasteiger partial charge in [0.05, 0.1) is 5.69 Å². The average Bonchev–Trinajstić information content (AvgIpc) is 3.07. The molecule has 3 fully saturated rings. The molecular weight excluding hydrogens is 654 g/mol. The van der Waals surface area contributed by atoms with Crippen LogP contribution in [0, 0.1) is 31.5 Å². The maximum Gasteiger partial charge on any atom is 0.573 e. The maximum absolute atomic E-state index is 15.2. The summed E-state index contributed by atoms with van der Waals surface area (Å²) >= 11 is 0. The minimum Gasteiger partial charge on any atom is -0.405 e. The first-order valence-electron chi connectivity index (χ1n) is 17.2. The zero-order valence-corrected chi connectivity index (χ0v) is 28.5. The molecule has 0 radical (unpaired) electrons. The molecule has 0 spiro atoms. The van der Waals surface area contributed by atoms with Crippen LogP contribution in [0.3, 0.4) is 0 Å². The van der Waals surface area contributed by atoms with Gasteiger partial charge in [0.2, 0.25) is 11.8 Å². The molecule has 3 saturated heterocycles. The number of pyridine rings is 1. The van der Waals surface area contributed by atoms with Gasteiger partial charge in [-0.1, -0.05) is 12.1 Å². The Morgan fingerprint density at radius 1 is 0.900 bits per heavy atom. The predicted octanol–water partition coefficient (Wildman–Crippen LogP) is 6.05. The van der Waals surface area contributed by atoms with Crippen LogP contribution in [0.15, 0.2) is 47.4 Å². The number of halogens is 4. The Morgan fingerprint density at radius 2 is 1.58 bits per heavy atom. The van der Waals surface area contributed by atoms with Gasteiger partial charge in [-0.05, 0) is 106 Å². The fourth-order valence-corrected chi connectivity index (χ4v) is 7.66. The van der Waals surface area contributed by atoms with Gasteiger partial charge >= 0.3 is 6.36 Å². The van der Waals surface area contributed by atoms with Gasteiger partial charge in [-0.2, -0.15) is 0 Å². The van der Waals surface area contributed by atoms with Gasteiger partial charge < -0.3 is 19.5 Å². The molecule has 4 heterocycles. The number of carbonyl (C=O) groups is 2. The first kappa shape index (κ1) is 35.4. The van der Waals surface area contributed by atoms with Crippen molar-refractivity contribution in [2.75, 3.05) is 36.4 Å². The van der Waals surface area contributed by atoms with Gasteiger partial charge in [0, 0.05) is 61.7 Å². The zero-order chi connectivity index (χ0) is 35.7. The van der Waals surface area contributed by atoms with Crippen molar-refractivity contribution in [1.29, 1.82) is 0 Å². The summed E-state index contributed by atoms with van der Waals surface area (Å²) in [6, 6.07) is 9.20. The van der Waals surface area contributed by atoms with Crippen molar-refractivity contribution in [2.45, 2.75) is 71.3 Å². The molecule has 2 amide bonds. The van der Waals surface area contributed by atoms with E-state index in [2.05, 4.69) is 25.2 Å². The quantitative estimate of drug-likeness (QED) is 0.219. The lowest BCUT2D eigenvalue weighted by atomic mass is 9.78. The number of alkyl halides is 3.